The Kier molecular flexibility index (Phi) is 4.47. The van der Waals surface area contributed by atoms with Gasteiger partial charge in [-0.25, -0.2) is 0 Å². The van der Waals surface area contributed by atoms with Crippen LogP contribution in [0.5, 0.6) is 0 Å². The number of aromatic nitrogens is 3. The Morgan fingerprint density at radius 1 is 0.893 bits per heavy atom. The minimum Gasteiger partial charge on any atom is -0.312 e. The average Bonchev–Trinajstić information content (AvgIpc) is 3.32. The number of H-pyrrole nitrogens is 1. The second kappa shape index (κ2) is 7.41. The van der Waals surface area contributed by atoms with Crippen LogP contribution in [0.3, 0.4) is 0 Å². The van der Waals surface area contributed by atoms with Gasteiger partial charge in [0, 0.05) is 42.0 Å². The predicted molar refractivity (Wildman–Crippen MR) is 112 cm³/mol. The lowest BCUT2D eigenvalue weighted by atomic mass is 10.0. The molecule has 0 unspecified atom stereocenters. The molecule has 1 aliphatic rings. The number of rotatable bonds is 6. The summed E-state index contributed by atoms with van der Waals surface area (Å²) >= 11 is 0. The zero-order valence-corrected chi connectivity index (χ0v) is 15.7. The summed E-state index contributed by atoms with van der Waals surface area (Å²) in [6.07, 6.45) is 5.66. The number of benzene rings is 2. The molecule has 2 aromatic carbocycles. The number of nitrogens with zero attached hydrogens (tertiary/aromatic N) is 2. The molecule has 0 amide bonds. The van der Waals surface area contributed by atoms with Gasteiger partial charge in [-0.15, -0.1) is 0 Å². The van der Waals surface area contributed by atoms with E-state index in [0.717, 1.165) is 31.6 Å². The van der Waals surface area contributed by atoms with E-state index in [1.165, 1.54) is 39.1 Å². The van der Waals surface area contributed by atoms with E-state index in [9.17, 15) is 0 Å². The molecule has 4 aromatic rings. The van der Waals surface area contributed by atoms with E-state index in [-0.39, 0.29) is 0 Å². The van der Waals surface area contributed by atoms with Gasteiger partial charge in [-0.1, -0.05) is 48.5 Å². The summed E-state index contributed by atoms with van der Waals surface area (Å²) < 4.78 is 0. The molecule has 138 valence electrons. The molecule has 0 atom stereocenters. The molecule has 2 N–H and O–H groups in total. The van der Waals surface area contributed by atoms with Crippen molar-refractivity contribution in [2.24, 2.45) is 0 Å². The number of pyridine rings is 1. The number of aromatic amines is 1. The maximum Gasteiger partial charge on any atom is 0.0962 e. The Hall–Kier alpha value is -3.24. The van der Waals surface area contributed by atoms with Crippen LogP contribution < -0.4 is 5.32 Å². The lowest BCUT2D eigenvalue weighted by Crippen LogP contribution is -2.16. The second-order valence-corrected chi connectivity index (χ2v) is 7.24. The van der Waals surface area contributed by atoms with E-state index in [1.807, 2.05) is 12.4 Å². The first-order valence-electron chi connectivity index (χ1n) is 9.73. The predicted octanol–water partition coefficient (Wildman–Crippen LogP) is 4.38. The fourth-order valence-electron chi connectivity index (χ4n) is 3.90. The zero-order chi connectivity index (χ0) is 18.8. The molecule has 0 saturated heterocycles. The van der Waals surface area contributed by atoms with Crippen LogP contribution in [-0.4, -0.2) is 21.7 Å². The van der Waals surface area contributed by atoms with Crippen molar-refractivity contribution in [3.05, 3.63) is 95.3 Å². The van der Waals surface area contributed by atoms with E-state index in [4.69, 9.17) is 0 Å². The summed E-state index contributed by atoms with van der Waals surface area (Å²) in [5, 5.41) is 11.4. The number of hydrogen-bond acceptors (Lipinski definition) is 3. The smallest absolute Gasteiger partial charge is 0.0962 e. The summed E-state index contributed by atoms with van der Waals surface area (Å²) in [6.45, 7) is 1.83. The summed E-state index contributed by atoms with van der Waals surface area (Å²) in [7, 11) is 0. The van der Waals surface area contributed by atoms with E-state index < -0.39 is 0 Å². The number of nitrogens with one attached hydrogen (secondary N) is 2. The maximum atomic E-state index is 4.60. The van der Waals surface area contributed by atoms with E-state index in [1.54, 1.807) is 0 Å². The van der Waals surface area contributed by atoms with Crippen molar-refractivity contribution in [3.63, 3.8) is 0 Å². The molecule has 0 bridgehead atoms. The van der Waals surface area contributed by atoms with Crippen molar-refractivity contribution in [2.75, 3.05) is 6.54 Å². The van der Waals surface area contributed by atoms with Gasteiger partial charge in [-0.3, -0.25) is 10.1 Å². The fraction of sp³-hybridized carbons (Fsp3) is 0.167. The highest BCUT2D eigenvalue weighted by molar-refractivity contribution is 5.80. The first-order chi connectivity index (χ1) is 13.9. The lowest BCUT2D eigenvalue weighted by molar-refractivity contribution is 0.686. The summed E-state index contributed by atoms with van der Waals surface area (Å²) in [5.74, 6) is 0. The first-order valence-corrected chi connectivity index (χ1v) is 9.73. The zero-order valence-electron chi connectivity index (χ0n) is 15.7. The van der Waals surface area contributed by atoms with Gasteiger partial charge in [0.2, 0.25) is 0 Å². The Labute approximate surface area is 164 Å². The molecular weight excluding hydrogens is 344 g/mol. The molecule has 0 spiro atoms. The van der Waals surface area contributed by atoms with Crippen LogP contribution in [0.1, 0.15) is 22.3 Å². The van der Waals surface area contributed by atoms with Crippen molar-refractivity contribution in [3.8, 4) is 22.5 Å². The van der Waals surface area contributed by atoms with Gasteiger partial charge < -0.3 is 5.32 Å². The van der Waals surface area contributed by atoms with Crippen LogP contribution in [0.15, 0.2) is 73.1 Å². The van der Waals surface area contributed by atoms with E-state index >= 15 is 0 Å². The van der Waals surface area contributed by atoms with Crippen LogP contribution in [0, 0.1) is 0 Å². The van der Waals surface area contributed by atoms with E-state index in [0.29, 0.717) is 0 Å². The molecule has 0 aliphatic heterocycles. The normalized spacial score (nSPS) is 12.0. The molecular formula is C24H22N4. The molecule has 2 aromatic heterocycles. The Morgan fingerprint density at radius 2 is 1.71 bits per heavy atom. The molecule has 0 saturated carbocycles. The second-order valence-electron chi connectivity index (χ2n) is 7.24. The standard InChI is InChI=1S/C24H22N4/c1-2-4-21-20(3-1)15-22-23(27-28-24(21)22)19-7-5-18(6-8-19)16-26-14-11-17-9-12-25-13-10-17/h1-10,12-13,26H,11,14-16H2,(H,27,28). The Bertz CT molecular complexity index is 1080. The van der Waals surface area contributed by atoms with Gasteiger partial charge in [0.1, 0.15) is 0 Å². The van der Waals surface area contributed by atoms with Gasteiger partial charge in [0.05, 0.1) is 11.4 Å². The van der Waals surface area contributed by atoms with Crippen molar-refractivity contribution in [2.45, 2.75) is 19.4 Å². The molecule has 5 rings (SSSR count). The minimum absolute atomic E-state index is 0.871. The lowest BCUT2D eigenvalue weighted by Gasteiger charge is -2.06. The summed E-state index contributed by atoms with van der Waals surface area (Å²) in [5.41, 5.74) is 9.99. The molecule has 1 aliphatic carbocycles. The van der Waals surface area contributed by atoms with E-state index in [2.05, 4.69) is 81.2 Å². The van der Waals surface area contributed by atoms with Crippen LogP contribution in [-0.2, 0) is 19.4 Å². The first kappa shape index (κ1) is 16.9. The third-order valence-corrected chi connectivity index (χ3v) is 5.42. The van der Waals surface area contributed by atoms with Crippen LogP contribution in [0.2, 0.25) is 0 Å². The highest BCUT2D eigenvalue weighted by atomic mass is 15.1. The molecule has 0 radical (unpaired) electrons. The minimum atomic E-state index is 0.871. The van der Waals surface area contributed by atoms with Crippen LogP contribution in [0.25, 0.3) is 22.5 Å². The van der Waals surface area contributed by atoms with Gasteiger partial charge >= 0.3 is 0 Å². The average molecular weight is 366 g/mol. The van der Waals surface area contributed by atoms with Gasteiger partial charge in [-0.05, 0) is 41.8 Å². The largest absolute Gasteiger partial charge is 0.312 e. The van der Waals surface area contributed by atoms with Crippen LogP contribution >= 0.6 is 0 Å². The third kappa shape index (κ3) is 3.23. The van der Waals surface area contributed by atoms with Gasteiger partial charge in [0.15, 0.2) is 0 Å². The Balaban J connectivity index is 1.24. The van der Waals surface area contributed by atoms with Crippen molar-refractivity contribution in [1.29, 1.82) is 0 Å². The van der Waals surface area contributed by atoms with Crippen molar-refractivity contribution >= 4 is 0 Å². The van der Waals surface area contributed by atoms with Gasteiger partial charge in [-0.2, -0.15) is 5.10 Å². The monoisotopic (exact) mass is 366 g/mol. The fourth-order valence-corrected chi connectivity index (χ4v) is 3.90. The molecule has 4 nitrogen and oxygen atoms in total. The number of fused-ring (bicyclic) bond motifs is 3. The van der Waals surface area contributed by atoms with Crippen molar-refractivity contribution in [1.82, 2.24) is 20.5 Å². The maximum absolute atomic E-state index is 4.60. The summed E-state index contributed by atoms with van der Waals surface area (Å²) in [4.78, 5) is 4.06. The molecule has 2 heterocycles. The highest BCUT2D eigenvalue weighted by Gasteiger charge is 2.24. The molecule has 28 heavy (non-hydrogen) atoms. The third-order valence-electron chi connectivity index (χ3n) is 5.42. The van der Waals surface area contributed by atoms with Crippen molar-refractivity contribution < 1.29 is 0 Å². The highest BCUT2D eigenvalue weighted by Crippen LogP contribution is 2.39. The molecule has 4 heteroatoms. The topological polar surface area (TPSA) is 53.6 Å². The Morgan fingerprint density at radius 3 is 2.57 bits per heavy atom. The van der Waals surface area contributed by atoms with Gasteiger partial charge in [0.25, 0.3) is 0 Å². The quantitative estimate of drug-likeness (QED) is 0.439. The SMILES string of the molecule is c1ccc2c(c1)Cc1c(-c3ccc(CNCCc4ccncc4)cc3)n[nH]c1-2. The van der Waals surface area contributed by atoms with Crippen LogP contribution in [0.4, 0.5) is 0 Å². The number of hydrogen-bond donors (Lipinski definition) is 2. The molecule has 0 fully saturated rings. The summed E-state index contributed by atoms with van der Waals surface area (Å²) in [6, 6.07) is 21.4.